The van der Waals surface area contributed by atoms with Crippen molar-refractivity contribution >= 4 is 30.8 Å². The number of furan rings is 1. The summed E-state index contributed by atoms with van der Waals surface area (Å²) in [6.07, 6.45) is 2.19. The van der Waals surface area contributed by atoms with Crippen LogP contribution in [0.5, 0.6) is 23.5 Å². The van der Waals surface area contributed by atoms with Gasteiger partial charge in [0.1, 0.15) is 5.75 Å². The number of nitrogens with zero attached hydrogens (tertiary/aromatic N) is 4. The third-order valence-electron chi connectivity index (χ3n) is 6.94. The van der Waals surface area contributed by atoms with Crippen molar-refractivity contribution in [2.45, 2.75) is 46.3 Å². The van der Waals surface area contributed by atoms with E-state index in [0.717, 1.165) is 44.7 Å². The molecule has 0 aliphatic carbocycles. The average molecular weight is 568 g/mol. The maximum Gasteiger partial charge on any atom is 0.291 e. The van der Waals surface area contributed by atoms with Gasteiger partial charge in [0.05, 0.1) is 22.3 Å². The molecule has 1 aromatic carbocycles. The Kier molecular flexibility index (Phi) is 9.36. The van der Waals surface area contributed by atoms with Gasteiger partial charge in [-0.15, -0.1) is 0 Å². The first-order chi connectivity index (χ1) is 19.1. The van der Waals surface area contributed by atoms with Gasteiger partial charge in [0, 0.05) is 25.7 Å². The lowest BCUT2D eigenvalue weighted by Gasteiger charge is -2.33. The van der Waals surface area contributed by atoms with Gasteiger partial charge in [-0.1, -0.05) is 43.9 Å². The molecule has 1 N–H and O–H groups in total. The van der Waals surface area contributed by atoms with Gasteiger partial charge in [0.15, 0.2) is 11.4 Å². The molecular weight excluding hydrogens is 526 g/mol. The molecule has 216 valence electrons. The van der Waals surface area contributed by atoms with Crippen molar-refractivity contribution in [3.8, 4) is 23.5 Å². The van der Waals surface area contributed by atoms with Crippen molar-refractivity contribution in [3.63, 3.8) is 0 Å². The number of carbonyl (C=O) groups excluding carboxylic acids is 1. The van der Waals surface area contributed by atoms with Crippen LogP contribution in [0.25, 0.3) is 0 Å². The van der Waals surface area contributed by atoms with Crippen molar-refractivity contribution in [1.82, 2.24) is 14.9 Å². The number of nitrogens with one attached hydrogen (secondary N) is 1. The molecule has 1 aliphatic heterocycles. The van der Waals surface area contributed by atoms with Crippen LogP contribution in [-0.2, 0) is 0 Å². The predicted molar refractivity (Wildman–Crippen MR) is 160 cm³/mol. The summed E-state index contributed by atoms with van der Waals surface area (Å²) in [7, 11) is 1.48. The fourth-order valence-corrected chi connectivity index (χ4v) is 5.51. The molecule has 0 unspecified atom stereocenters. The van der Waals surface area contributed by atoms with E-state index in [4.69, 9.17) is 18.6 Å². The summed E-state index contributed by atoms with van der Waals surface area (Å²) in [6.45, 7) is 15.7. The number of methoxy groups -OCH3 is 2. The van der Waals surface area contributed by atoms with Crippen LogP contribution in [0.2, 0.25) is 19.6 Å². The van der Waals surface area contributed by atoms with Gasteiger partial charge < -0.3 is 33.7 Å². The fourth-order valence-electron chi connectivity index (χ4n) is 4.36. The minimum atomic E-state index is -1.52. The van der Waals surface area contributed by atoms with Crippen molar-refractivity contribution in [2.75, 3.05) is 57.2 Å². The Morgan fingerprint density at radius 1 is 1.07 bits per heavy atom. The largest absolute Gasteiger partial charge is 0.479 e. The summed E-state index contributed by atoms with van der Waals surface area (Å²) >= 11 is 0. The molecule has 0 spiro atoms. The Hall–Kier alpha value is -3.57. The van der Waals surface area contributed by atoms with Gasteiger partial charge in [-0.3, -0.25) is 4.79 Å². The first-order valence-corrected chi connectivity index (χ1v) is 17.3. The quantitative estimate of drug-likeness (QED) is 0.289. The number of likely N-dealkylation sites (tertiary alicyclic amines) is 1. The van der Waals surface area contributed by atoms with Crippen LogP contribution in [0.3, 0.4) is 0 Å². The molecular formula is C29H41N5O5Si. The minimum Gasteiger partial charge on any atom is -0.479 e. The van der Waals surface area contributed by atoms with E-state index in [1.54, 1.807) is 12.1 Å². The molecule has 4 rings (SSSR count). The van der Waals surface area contributed by atoms with E-state index in [0.29, 0.717) is 11.7 Å². The Morgan fingerprint density at radius 2 is 1.77 bits per heavy atom. The predicted octanol–water partition coefficient (Wildman–Crippen LogP) is 4.91. The lowest BCUT2D eigenvalue weighted by atomic mass is 10.2. The third-order valence-corrected chi connectivity index (χ3v) is 8.98. The molecule has 11 heteroatoms. The van der Waals surface area contributed by atoms with E-state index in [1.165, 1.54) is 25.8 Å². The van der Waals surface area contributed by atoms with Crippen LogP contribution >= 0.6 is 0 Å². The number of aryl methyl sites for hydroxylation is 1. The van der Waals surface area contributed by atoms with E-state index < -0.39 is 14.0 Å². The van der Waals surface area contributed by atoms with E-state index in [1.807, 2.05) is 13.0 Å². The first kappa shape index (κ1) is 29.4. The highest BCUT2D eigenvalue weighted by Gasteiger charge is 2.24. The molecule has 3 aromatic rings. The summed E-state index contributed by atoms with van der Waals surface area (Å²) in [5.41, 5.74) is 1.22. The number of aromatic nitrogens is 2. The number of ether oxygens (including phenoxy) is 3. The molecule has 40 heavy (non-hydrogen) atoms. The van der Waals surface area contributed by atoms with Crippen molar-refractivity contribution in [2.24, 2.45) is 0 Å². The van der Waals surface area contributed by atoms with Crippen LogP contribution < -0.4 is 29.6 Å². The number of hydrogen-bond acceptors (Lipinski definition) is 9. The molecule has 2 aromatic heterocycles. The zero-order valence-corrected chi connectivity index (χ0v) is 25.7. The SMILES string of the molecule is CCCN(CCN1CCC1)c1nc(OC)c(NC(=O)c2ccc(Oc3cc([Si](C)(C)C)ccc3C)o2)c(OC)n1. The Labute approximate surface area is 237 Å². The van der Waals surface area contributed by atoms with E-state index in [2.05, 4.69) is 63.8 Å². The van der Waals surface area contributed by atoms with E-state index in [9.17, 15) is 4.79 Å². The second-order valence-corrected chi connectivity index (χ2v) is 16.1. The average Bonchev–Trinajstić information content (AvgIpc) is 3.36. The Bertz CT molecular complexity index is 1290. The summed E-state index contributed by atoms with van der Waals surface area (Å²) in [5.74, 6) is 1.42. The standard InChI is InChI=1S/C29H41N5O5Si/c1-8-14-34(18-17-33-15-9-16-33)29-31-27(36-3)25(28(32-29)37-4)30-26(35)22-12-13-24(38-22)39-23-19-21(40(5,6)7)11-10-20(23)2/h10-13,19H,8-9,14-18H2,1-7H3,(H,30,35). The van der Waals surface area contributed by atoms with E-state index >= 15 is 0 Å². The van der Waals surface area contributed by atoms with Crippen LogP contribution in [0, 0.1) is 6.92 Å². The van der Waals surface area contributed by atoms with Gasteiger partial charge in [-0.05, 0) is 50.6 Å². The molecule has 0 saturated carbocycles. The monoisotopic (exact) mass is 567 g/mol. The van der Waals surface area contributed by atoms with Crippen LogP contribution in [-0.4, -0.2) is 75.8 Å². The molecule has 0 bridgehead atoms. The topological polar surface area (TPSA) is 102 Å². The van der Waals surface area contributed by atoms with Crippen molar-refractivity contribution in [3.05, 3.63) is 41.7 Å². The molecule has 1 amide bonds. The zero-order chi connectivity index (χ0) is 28.9. The molecule has 0 radical (unpaired) electrons. The highest BCUT2D eigenvalue weighted by Crippen LogP contribution is 2.34. The normalized spacial score (nSPS) is 13.5. The van der Waals surface area contributed by atoms with Gasteiger partial charge >= 0.3 is 0 Å². The number of rotatable bonds is 13. The first-order valence-electron chi connectivity index (χ1n) is 13.8. The number of anilines is 2. The number of benzene rings is 1. The van der Waals surface area contributed by atoms with Gasteiger partial charge in [0.2, 0.25) is 17.7 Å². The molecule has 10 nitrogen and oxygen atoms in total. The van der Waals surface area contributed by atoms with Crippen LogP contribution in [0.1, 0.15) is 35.9 Å². The summed E-state index contributed by atoms with van der Waals surface area (Å²) in [6, 6.07) is 9.45. The molecule has 3 heterocycles. The second kappa shape index (κ2) is 12.7. The Morgan fingerprint density at radius 3 is 2.35 bits per heavy atom. The maximum absolute atomic E-state index is 13.2. The molecule has 0 atom stereocenters. The smallest absolute Gasteiger partial charge is 0.291 e. The number of hydrogen-bond donors (Lipinski definition) is 1. The van der Waals surface area contributed by atoms with Crippen LogP contribution in [0.4, 0.5) is 11.6 Å². The van der Waals surface area contributed by atoms with Crippen LogP contribution in [0.15, 0.2) is 34.7 Å². The highest BCUT2D eigenvalue weighted by atomic mass is 28.3. The fraction of sp³-hybridized carbons (Fsp3) is 0.483. The summed E-state index contributed by atoms with van der Waals surface area (Å²) in [4.78, 5) is 26.9. The summed E-state index contributed by atoms with van der Waals surface area (Å²) in [5, 5.41) is 4.07. The summed E-state index contributed by atoms with van der Waals surface area (Å²) < 4.78 is 22.9. The van der Waals surface area contributed by atoms with Crippen molar-refractivity contribution < 1.29 is 23.4 Å². The van der Waals surface area contributed by atoms with Gasteiger partial charge in [-0.25, -0.2) is 0 Å². The Balaban J connectivity index is 1.51. The molecule has 1 fully saturated rings. The number of carbonyl (C=O) groups is 1. The van der Waals surface area contributed by atoms with E-state index in [-0.39, 0.29) is 29.2 Å². The lowest BCUT2D eigenvalue weighted by molar-refractivity contribution is 0.0990. The zero-order valence-electron chi connectivity index (χ0n) is 24.7. The second-order valence-electron chi connectivity index (χ2n) is 11.0. The lowest BCUT2D eigenvalue weighted by Crippen LogP contribution is -2.43. The van der Waals surface area contributed by atoms with Crippen molar-refractivity contribution in [1.29, 1.82) is 0 Å². The minimum absolute atomic E-state index is 0.0735. The van der Waals surface area contributed by atoms with Gasteiger partial charge in [0.25, 0.3) is 11.9 Å². The number of amides is 1. The third kappa shape index (κ3) is 6.94. The molecule has 1 saturated heterocycles. The maximum atomic E-state index is 13.2. The highest BCUT2D eigenvalue weighted by molar-refractivity contribution is 6.88. The van der Waals surface area contributed by atoms with Gasteiger partial charge in [-0.2, -0.15) is 9.97 Å². The molecule has 1 aliphatic rings.